The lowest BCUT2D eigenvalue weighted by Gasteiger charge is -2.16. The van der Waals surface area contributed by atoms with Crippen LogP contribution in [0.5, 0.6) is 0 Å². The van der Waals surface area contributed by atoms with Crippen molar-refractivity contribution >= 4 is 23.9 Å². The van der Waals surface area contributed by atoms with Crippen molar-refractivity contribution in [1.29, 1.82) is 0 Å². The summed E-state index contributed by atoms with van der Waals surface area (Å²) in [6.07, 6.45) is 0.854. The van der Waals surface area contributed by atoms with Crippen molar-refractivity contribution in [3.63, 3.8) is 0 Å². The molecule has 0 bridgehead atoms. The molecule has 86 valence electrons. The van der Waals surface area contributed by atoms with Crippen molar-refractivity contribution < 1.29 is 9.53 Å². The van der Waals surface area contributed by atoms with Crippen molar-refractivity contribution in [1.82, 2.24) is 0 Å². The molecule has 0 aliphatic heterocycles. The van der Waals surface area contributed by atoms with Crippen LogP contribution in [-0.2, 0) is 4.74 Å². The number of hydrogen-bond acceptors (Lipinski definition) is 2. The van der Waals surface area contributed by atoms with E-state index in [1.54, 1.807) is 45.0 Å². The normalized spacial score (nSPS) is 11.8. The van der Waals surface area contributed by atoms with Crippen LogP contribution in [0.25, 0.3) is 0 Å². The van der Waals surface area contributed by atoms with Gasteiger partial charge in [-0.3, -0.25) is 0 Å². The molecule has 3 nitrogen and oxygen atoms in total. The number of rotatable bonds is 1. The summed E-state index contributed by atoms with van der Waals surface area (Å²) in [6.45, 7) is 5.38. The van der Waals surface area contributed by atoms with Crippen molar-refractivity contribution in [2.24, 2.45) is 4.99 Å². The van der Waals surface area contributed by atoms with Crippen molar-refractivity contribution in [3.05, 3.63) is 34.9 Å². The van der Waals surface area contributed by atoms with Crippen LogP contribution in [0.4, 0.5) is 4.79 Å². The minimum atomic E-state index is -0.595. The van der Waals surface area contributed by atoms with Crippen LogP contribution >= 0.6 is 11.6 Å². The van der Waals surface area contributed by atoms with Crippen LogP contribution in [0.1, 0.15) is 26.3 Å². The largest absolute Gasteiger partial charge is 0.442 e. The number of ether oxygens (including phenoxy) is 1. The molecule has 0 saturated heterocycles. The molecule has 0 heterocycles. The first-order valence-corrected chi connectivity index (χ1v) is 5.27. The molecule has 0 aromatic heterocycles. The van der Waals surface area contributed by atoms with Gasteiger partial charge in [0.15, 0.2) is 0 Å². The number of hydrogen-bond donors (Lipinski definition) is 0. The zero-order valence-corrected chi connectivity index (χ0v) is 10.3. The smallest absolute Gasteiger partial charge is 0.434 e. The minimum Gasteiger partial charge on any atom is -0.442 e. The Hall–Kier alpha value is -1.35. The lowest BCUT2D eigenvalue weighted by atomic mass is 10.2. The predicted octanol–water partition coefficient (Wildman–Crippen LogP) is 3.69. The van der Waals surface area contributed by atoms with Gasteiger partial charge in [0, 0.05) is 11.2 Å². The molecular weight excluding hydrogens is 226 g/mol. The van der Waals surface area contributed by atoms with E-state index in [1.165, 1.54) is 6.21 Å². The molecule has 0 unspecified atom stereocenters. The molecule has 0 fully saturated rings. The monoisotopic (exact) mass is 239 g/mol. The molecular formula is C12H14ClNO2. The second kappa shape index (κ2) is 5.12. The average molecular weight is 240 g/mol. The van der Waals surface area contributed by atoms with E-state index in [1.807, 2.05) is 0 Å². The Morgan fingerprint density at radius 3 is 2.38 bits per heavy atom. The quantitative estimate of drug-likeness (QED) is 0.701. The van der Waals surface area contributed by atoms with Gasteiger partial charge in [-0.25, -0.2) is 4.79 Å². The van der Waals surface area contributed by atoms with Gasteiger partial charge in [0.25, 0.3) is 0 Å². The first kappa shape index (κ1) is 12.7. The van der Waals surface area contributed by atoms with E-state index in [4.69, 9.17) is 16.3 Å². The third-order valence-electron chi connectivity index (χ3n) is 1.58. The Balaban J connectivity index is 2.60. The van der Waals surface area contributed by atoms with Gasteiger partial charge in [-0.15, -0.1) is 0 Å². The number of carbonyl (C=O) groups excluding carboxylic acids is 1. The van der Waals surface area contributed by atoms with Gasteiger partial charge in [0.1, 0.15) is 5.60 Å². The summed E-state index contributed by atoms with van der Waals surface area (Å²) >= 11 is 5.73. The fourth-order valence-corrected chi connectivity index (χ4v) is 1.09. The van der Waals surface area contributed by atoms with Crippen LogP contribution in [0.2, 0.25) is 5.02 Å². The van der Waals surface area contributed by atoms with Gasteiger partial charge >= 0.3 is 6.09 Å². The zero-order chi connectivity index (χ0) is 12.2. The molecule has 4 heteroatoms. The third-order valence-corrected chi connectivity index (χ3v) is 1.83. The highest BCUT2D eigenvalue weighted by Crippen LogP contribution is 2.09. The summed E-state index contributed by atoms with van der Waals surface area (Å²) < 4.78 is 5.02. The van der Waals surface area contributed by atoms with E-state index in [9.17, 15) is 4.79 Å². The van der Waals surface area contributed by atoms with Crippen LogP contribution < -0.4 is 0 Å². The van der Waals surface area contributed by atoms with Gasteiger partial charge in [0.2, 0.25) is 0 Å². The molecule has 0 N–H and O–H groups in total. The molecule has 16 heavy (non-hydrogen) atoms. The number of amides is 1. The Morgan fingerprint density at radius 1 is 1.31 bits per heavy atom. The Kier molecular flexibility index (Phi) is 4.07. The molecule has 0 atom stereocenters. The Bertz CT molecular complexity index is 390. The van der Waals surface area contributed by atoms with E-state index in [-0.39, 0.29) is 0 Å². The van der Waals surface area contributed by atoms with E-state index in [2.05, 4.69) is 4.99 Å². The van der Waals surface area contributed by atoms with E-state index < -0.39 is 11.7 Å². The highest BCUT2D eigenvalue weighted by atomic mass is 35.5. The lowest BCUT2D eigenvalue weighted by Crippen LogP contribution is -2.21. The number of halogens is 1. The Labute approximate surface area is 100 Å². The predicted molar refractivity (Wildman–Crippen MR) is 65.3 cm³/mol. The zero-order valence-electron chi connectivity index (χ0n) is 9.53. The van der Waals surface area contributed by atoms with Gasteiger partial charge in [-0.1, -0.05) is 23.7 Å². The summed E-state index contributed by atoms with van der Waals surface area (Å²) in [5.41, 5.74) is 0.282. The SMILES string of the molecule is CC(C)(C)OC(=O)/N=C/c1ccc(Cl)cc1. The molecule has 0 spiro atoms. The maximum atomic E-state index is 11.3. The maximum absolute atomic E-state index is 11.3. The van der Waals surface area contributed by atoms with Crippen molar-refractivity contribution in [2.75, 3.05) is 0 Å². The maximum Gasteiger partial charge on any atom is 0.434 e. The summed E-state index contributed by atoms with van der Waals surface area (Å²) in [4.78, 5) is 14.9. The minimum absolute atomic E-state index is 0.519. The fourth-order valence-electron chi connectivity index (χ4n) is 0.964. The van der Waals surface area contributed by atoms with Gasteiger partial charge in [0.05, 0.1) is 0 Å². The topological polar surface area (TPSA) is 38.7 Å². The van der Waals surface area contributed by atoms with Crippen LogP contribution in [-0.4, -0.2) is 17.9 Å². The molecule has 0 aliphatic carbocycles. The summed E-state index contributed by atoms with van der Waals surface area (Å²) in [6, 6.07) is 7.02. The van der Waals surface area contributed by atoms with Gasteiger partial charge in [-0.05, 0) is 38.5 Å². The first-order chi connectivity index (χ1) is 7.37. The van der Waals surface area contributed by atoms with Crippen molar-refractivity contribution in [2.45, 2.75) is 26.4 Å². The molecule has 1 aromatic carbocycles. The summed E-state index contributed by atoms with van der Waals surface area (Å²) in [7, 11) is 0. The average Bonchev–Trinajstić information content (AvgIpc) is 2.14. The molecule has 1 aromatic rings. The second-order valence-corrected chi connectivity index (χ2v) is 4.73. The van der Waals surface area contributed by atoms with E-state index in [0.29, 0.717) is 5.02 Å². The third kappa shape index (κ3) is 4.94. The molecule has 0 saturated carbocycles. The van der Waals surface area contributed by atoms with Crippen LogP contribution in [0, 0.1) is 0 Å². The van der Waals surface area contributed by atoms with Crippen molar-refractivity contribution in [3.8, 4) is 0 Å². The van der Waals surface area contributed by atoms with Crippen LogP contribution in [0.3, 0.4) is 0 Å². The number of aliphatic imine (C=N–C) groups is 1. The molecule has 1 amide bonds. The highest BCUT2D eigenvalue weighted by molar-refractivity contribution is 6.30. The van der Waals surface area contributed by atoms with Crippen LogP contribution in [0.15, 0.2) is 29.3 Å². The lowest BCUT2D eigenvalue weighted by molar-refractivity contribution is 0.0605. The number of carbonyl (C=O) groups is 1. The van der Waals surface area contributed by atoms with Gasteiger partial charge in [-0.2, -0.15) is 4.99 Å². The second-order valence-electron chi connectivity index (χ2n) is 4.29. The number of benzene rings is 1. The summed E-state index contributed by atoms with van der Waals surface area (Å²) in [5.74, 6) is 0. The molecule has 1 rings (SSSR count). The van der Waals surface area contributed by atoms with E-state index in [0.717, 1.165) is 5.56 Å². The standard InChI is InChI=1S/C12H14ClNO2/c1-12(2,3)16-11(15)14-8-9-4-6-10(13)7-5-9/h4-8H,1-3H3/b14-8+. The summed E-state index contributed by atoms with van der Waals surface area (Å²) in [5, 5.41) is 0.648. The Morgan fingerprint density at radius 2 is 1.88 bits per heavy atom. The first-order valence-electron chi connectivity index (χ1n) is 4.89. The van der Waals surface area contributed by atoms with E-state index >= 15 is 0 Å². The fraction of sp³-hybridized carbons (Fsp3) is 0.333. The highest BCUT2D eigenvalue weighted by Gasteiger charge is 2.14. The van der Waals surface area contributed by atoms with Gasteiger partial charge < -0.3 is 4.74 Å². The number of nitrogens with zero attached hydrogens (tertiary/aromatic N) is 1. The molecule has 0 radical (unpaired) electrons. The molecule has 0 aliphatic rings.